The van der Waals surface area contributed by atoms with Crippen LogP contribution < -0.4 is 4.74 Å². The van der Waals surface area contributed by atoms with Gasteiger partial charge in [-0.2, -0.15) is 0 Å². The Hall–Kier alpha value is -3.00. The lowest BCUT2D eigenvalue weighted by molar-refractivity contribution is 0.305. The molecule has 2 nitrogen and oxygen atoms in total. The Morgan fingerprint density at radius 1 is 1.04 bits per heavy atom. The monoisotopic (exact) mass is 315 g/mol. The Kier molecular flexibility index (Phi) is 4.97. The van der Waals surface area contributed by atoms with E-state index in [2.05, 4.69) is 36.9 Å². The third-order valence-electron chi connectivity index (χ3n) is 3.95. The minimum Gasteiger partial charge on any atom is -0.488 e. The van der Waals surface area contributed by atoms with Gasteiger partial charge in [-0.25, -0.2) is 0 Å². The van der Waals surface area contributed by atoms with Crippen molar-refractivity contribution in [3.8, 4) is 5.75 Å². The first-order valence-corrected chi connectivity index (χ1v) is 8.05. The Bertz CT molecular complexity index is 800. The number of hydrogen-bond acceptors (Lipinski definition) is 2. The molecule has 0 saturated heterocycles. The predicted octanol–water partition coefficient (Wildman–Crippen LogP) is 5.53. The number of para-hydroxylation sites is 1. The molecule has 2 aromatic rings. The smallest absolute Gasteiger partial charge is 0.127 e. The van der Waals surface area contributed by atoms with Gasteiger partial charge in [-0.3, -0.25) is 0 Å². The highest BCUT2D eigenvalue weighted by Gasteiger charge is 2.17. The fraction of sp³-hybridized carbons (Fsp3) is 0.0909. The summed E-state index contributed by atoms with van der Waals surface area (Å²) < 4.78 is 6.10. The molecule has 24 heavy (non-hydrogen) atoms. The van der Waals surface area contributed by atoms with E-state index in [0.29, 0.717) is 6.61 Å². The summed E-state index contributed by atoms with van der Waals surface area (Å²) in [6, 6.07) is 18.4. The molecule has 1 aliphatic rings. The number of benzene rings is 2. The molecule has 0 amide bonds. The van der Waals surface area contributed by atoms with Crippen molar-refractivity contribution in [2.45, 2.75) is 13.5 Å². The highest BCUT2D eigenvalue weighted by atomic mass is 16.5. The van der Waals surface area contributed by atoms with Crippen molar-refractivity contribution in [1.82, 2.24) is 4.90 Å². The fourth-order valence-corrected chi connectivity index (χ4v) is 2.78. The van der Waals surface area contributed by atoms with E-state index in [-0.39, 0.29) is 0 Å². The van der Waals surface area contributed by atoms with E-state index >= 15 is 0 Å². The molecule has 0 atom stereocenters. The third kappa shape index (κ3) is 3.33. The van der Waals surface area contributed by atoms with Gasteiger partial charge < -0.3 is 9.64 Å². The highest BCUT2D eigenvalue weighted by Crippen LogP contribution is 2.35. The zero-order valence-corrected chi connectivity index (χ0v) is 13.9. The molecule has 0 spiro atoms. The van der Waals surface area contributed by atoms with Crippen LogP contribution in [0.25, 0.3) is 5.57 Å². The van der Waals surface area contributed by atoms with Crippen molar-refractivity contribution in [2.75, 3.05) is 0 Å². The van der Waals surface area contributed by atoms with Crippen LogP contribution in [0.15, 0.2) is 97.5 Å². The quantitative estimate of drug-likeness (QED) is 0.719. The van der Waals surface area contributed by atoms with Crippen molar-refractivity contribution >= 4 is 5.57 Å². The van der Waals surface area contributed by atoms with Crippen LogP contribution in [0.5, 0.6) is 5.75 Å². The molecule has 0 unspecified atom stereocenters. The standard InChI is InChI=1S/C22H21NO/c1-3-21-19(14-10-16-23(21)4-2)20-13-8-9-15-22(20)24-17-18-11-6-5-7-12-18/h3-16H,2,17H2,1H3/b21-3-. The Labute approximate surface area is 143 Å². The summed E-state index contributed by atoms with van der Waals surface area (Å²) in [7, 11) is 0. The molecule has 2 heteroatoms. The van der Waals surface area contributed by atoms with Crippen LogP contribution in [0, 0.1) is 0 Å². The van der Waals surface area contributed by atoms with Crippen molar-refractivity contribution < 1.29 is 4.74 Å². The maximum Gasteiger partial charge on any atom is 0.127 e. The summed E-state index contributed by atoms with van der Waals surface area (Å²) in [6.07, 6.45) is 10.0. The molecular formula is C22H21NO. The van der Waals surface area contributed by atoms with E-state index in [0.717, 1.165) is 28.1 Å². The van der Waals surface area contributed by atoms with E-state index < -0.39 is 0 Å². The molecular weight excluding hydrogens is 294 g/mol. The zero-order chi connectivity index (χ0) is 16.8. The van der Waals surface area contributed by atoms with Crippen molar-refractivity contribution in [3.63, 3.8) is 0 Å². The van der Waals surface area contributed by atoms with Gasteiger partial charge in [0.25, 0.3) is 0 Å². The lowest BCUT2D eigenvalue weighted by Crippen LogP contribution is -2.13. The third-order valence-corrected chi connectivity index (χ3v) is 3.95. The van der Waals surface area contributed by atoms with Gasteiger partial charge in [0.1, 0.15) is 12.4 Å². The van der Waals surface area contributed by atoms with Gasteiger partial charge >= 0.3 is 0 Å². The Morgan fingerprint density at radius 2 is 1.79 bits per heavy atom. The molecule has 3 rings (SSSR count). The fourth-order valence-electron chi connectivity index (χ4n) is 2.78. The van der Waals surface area contributed by atoms with Crippen LogP contribution >= 0.6 is 0 Å². The maximum atomic E-state index is 6.10. The van der Waals surface area contributed by atoms with Crippen molar-refractivity contribution in [2.24, 2.45) is 0 Å². The molecule has 0 radical (unpaired) electrons. The molecule has 0 saturated carbocycles. The predicted molar refractivity (Wildman–Crippen MR) is 100 cm³/mol. The lowest BCUT2D eigenvalue weighted by Gasteiger charge is -2.25. The number of allylic oxidation sites excluding steroid dienone is 4. The molecule has 0 fully saturated rings. The maximum absolute atomic E-state index is 6.10. The molecule has 120 valence electrons. The topological polar surface area (TPSA) is 12.5 Å². The lowest BCUT2D eigenvalue weighted by atomic mass is 9.98. The number of nitrogens with zero attached hydrogens (tertiary/aromatic N) is 1. The first kappa shape index (κ1) is 15.9. The summed E-state index contributed by atoms with van der Waals surface area (Å²) >= 11 is 0. The molecule has 0 aliphatic carbocycles. The van der Waals surface area contributed by atoms with Crippen LogP contribution in [0.1, 0.15) is 18.1 Å². The Balaban J connectivity index is 1.90. The van der Waals surface area contributed by atoms with Gasteiger partial charge in [-0.05, 0) is 24.6 Å². The van der Waals surface area contributed by atoms with Gasteiger partial charge in [0, 0.05) is 29.2 Å². The van der Waals surface area contributed by atoms with E-state index in [9.17, 15) is 0 Å². The molecule has 0 N–H and O–H groups in total. The first-order valence-electron chi connectivity index (χ1n) is 8.05. The molecule has 0 bridgehead atoms. The van der Waals surface area contributed by atoms with Crippen molar-refractivity contribution in [1.29, 1.82) is 0 Å². The SMILES string of the molecule is C=CN1C=CC=C(c2ccccc2OCc2ccccc2)/C1=C/C. The minimum atomic E-state index is 0.553. The summed E-state index contributed by atoms with van der Waals surface area (Å²) in [5.41, 5.74) is 4.47. The van der Waals surface area contributed by atoms with Gasteiger partial charge in [0.15, 0.2) is 0 Å². The first-order chi connectivity index (χ1) is 11.8. The zero-order valence-electron chi connectivity index (χ0n) is 13.9. The van der Waals surface area contributed by atoms with Gasteiger partial charge in [-0.15, -0.1) is 0 Å². The van der Waals surface area contributed by atoms with Crippen LogP contribution in [0.4, 0.5) is 0 Å². The number of hydrogen-bond donors (Lipinski definition) is 0. The second kappa shape index (κ2) is 7.51. The molecule has 1 heterocycles. The summed E-state index contributed by atoms with van der Waals surface area (Å²) in [5.74, 6) is 0.881. The number of rotatable bonds is 5. The van der Waals surface area contributed by atoms with Crippen molar-refractivity contribution in [3.05, 3.63) is 109 Å². The second-order valence-electron chi connectivity index (χ2n) is 5.46. The average molecular weight is 315 g/mol. The molecule has 1 aliphatic heterocycles. The summed E-state index contributed by atoms with van der Waals surface area (Å²) in [4.78, 5) is 2.02. The Morgan fingerprint density at radius 3 is 2.54 bits per heavy atom. The molecule has 0 aromatic heterocycles. The number of ether oxygens (including phenoxy) is 1. The normalized spacial score (nSPS) is 15.3. The van der Waals surface area contributed by atoms with Crippen LogP contribution in [0.3, 0.4) is 0 Å². The summed E-state index contributed by atoms with van der Waals surface area (Å²) in [5, 5.41) is 0. The minimum absolute atomic E-state index is 0.553. The van der Waals surface area contributed by atoms with Crippen LogP contribution in [0.2, 0.25) is 0 Å². The molecule has 2 aromatic carbocycles. The van der Waals surface area contributed by atoms with Gasteiger partial charge in [-0.1, -0.05) is 67.3 Å². The van der Waals surface area contributed by atoms with E-state index in [1.807, 2.05) is 66.7 Å². The van der Waals surface area contributed by atoms with E-state index in [4.69, 9.17) is 4.74 Å². The van der Waals surface area contributed by atoms with E-state index in [1.165, 1.54) is 0 Å². The van der Waals surface area contributed by atoms with Gasteiger partial charge in [0.05, 0.1) is 0 Å². The van der Waals surface area contributed by atoms with Crippen LogP contribution in [-0.4, -0.2) is 4.90 Å². The average Bonchev–Trinajstić information content (AvgIpc) is 2.66. The second-order valence-corrected chi connectivity index (χ2v) is 5.46. The van der Waals surface area contributed by atoms with Crippen LogP contribution in [-0.2, 0) is 6.61 Å². The highest BCUT2D eigenvalue weighted by molar-refractivity contribution is 5.83. The van der Waals surface area contributed by atoms with E-state index in [1.54, 1.807) is 0 Å². The van der Waals surface area contributed by atoms with Gasteiger partial charge in [0.2, 0.25) is 0 Å². The largest absolute Gasteiger partial charge is 0.488 e. The summed E-state index contributed by atoms with van der Waals surface area (Å²) in [6.45, 7) is 6.47.